The van der Waals surface area contributed by atoms with E-state index in [9.17, 15) is 4.79 Å². The van der Waals surface area contributed by atoms with Crippen LogP contribution in [0.3, 0.4) is 0 Å². The van der Waals surface area contributed by atoms with Crippen molar-refractivity contribution in [2.24, 2.45) is 5.84 Å². The van der Waals surface area contributed by atoms with Crippen LogP contribution in [0.4, 0.5) is 11.8 Å². The molecule has 1 aromatic heterocycles. The van der Waals surface area contributed by atoms with Crippen LogP contribution in [-0.4, -0.2) is 29.1 Å². The maximum absolute atomic E-state index is 11.2. The number of hydrazine groups is 1. The number of carbonyl (C=O) groups excluding carboxylic acids is 1. The molecule has 0 aliphatic heterocycles. The first-order valence-electron chi connectivity index (χ1n) is 4.42. The quantitative estimate of drug-likeness (QED) is 0.401. The molecule has 1 heterocycles. The number of anilines is 2. The molecule has 0 saturated carbocycles. The van der Waals surface area contributed by atoms with Crippen LogP contribution in [0.5, 0.6) is 0 Å². The zero-order valence-corrected chi connectivity index (χ0v) is 9.58. The van der Waals surface area contributed by atoms with Crippen molar-refractivity contribution in [2.75, 3.05) is 17.9 Å². The molecule has 0 aromatic carbocycles. The zero-order chi connectivity index (χ0) is 12.1. The SMILES string of the molecule is COC(=O)C(C)Nc1nc(NN)ncc1Cl. The van der Waals surface area contributed by atoms with Gasteiger partial charge in [-0.25, -0.2) is 15.6 Å². The van der Waals surface area contributed by atoms with Crippen LogP contribution in [0.15, 0.2) is 6.20 Å². The predicted molar refractivity (Wildman–Crippen MR) is 60.0 cm³/mol. The second kappa shape index (κ2) is 5.47. The van der Waals surface area contributed by atoms with Crippen molar-refractivity contribution >= 4 is 29.3 Å². The maximum atomic E-state index is 11.2. The monoisotopic (exact) mass is 245 g/mol. The van der Waals surface area contributed by atoms with Crippen LogP contribution in [0.25, 0.3) is 0 Å². The average Bonchev–Trinajstić information content (AvgIpc) is 2.30. The van der Waals surface area contributed by atoms with Crippen LogP contribution in [-0.2, 0) is 9.53 Å². The number of carbonyl (C=O) groups is 1. The summed E-state index contributed by atoms with van der Waals surface area (Å²) in [5.41, 5.74) is 2.27. The Hall–Kier alpha value is -1.60. The summed E-state index contributed by atoms with van der Waals surface area (Å²) in [6.07, 6.45) is 1.37. The number of nitrogens with two attached hydrogens (primary N) is 1. The summed E-state index contributed by atoms with van der Waals surface area (Å²) < 4.78 is 4.55. The first-order chi connectivity index (χ1) is 7.58. The highest BCUT2D eigenvalue weighted by Crippen LogP contribution is 2.19. The summed E-state index contributed by atoms with van der Waals surface area (Å²) in [6.45, 7) is 1.62. The van der Waals surface area contributed by atoms with Crippen LogP contribution >= 0.6 is 11.6 Å². The first-order valence-corrected chi connectivity index (χ1v) is 4.79. The fraction of sp³-hybridized carbons (Fsp3) is 0.375. The Morgan fingerprint density at radius 2 is 2.38 bits per heavy atom. The smallest absolute Gasteiger partial charge is 0.328 e. The molecule has 88 valence electrons. The van der Waals surface area contributed by atoms with Gasteiger partial charge in [-0.2, -0.15) is 4.98 Å². The lowest BCUT2D eigenvalue weighted by atomic mass is 10.3. The van der Waals surface area contributed by atoms with E-state index in [0.717, 1.165) is 0 Å². The third-order valence-corrected chi connectivity index (χ3v) is 2.06. The van der Waals surface area contributed by atoms with Crippen molar-refractivity contribution in [1.82, 2.24) is 9.97 Å². The second-order valence-corrected chi connectivity index (χ2v) is 3.33. The summed E-state index contributed by atoms with van der Waals surface area (Å²) >= 11 is 5.84. The van der Waals surface area contributed by atoms with Crippen LogP contribution in [0.1, 0.15) is 6.92 Å². The standard InChI is InChI=1S/C8H12ClN5O2/c1-4(7(15)16-2)12-6-5(9)3-11-8(13-6)14-10/h3-4H,10H2,1-2H3,(H2,11,12,13,14). The molecule has 0 radical (unpaired) electrons. The Morgan fingerprint density at radius 1 is 1.69 bits per heavy atom. The lowest BCUT2D eigenvalue weighted by Crippen LogP contribution is -2.28. The van der Waals surface area contributed by atoms with E-state index in [-0.39, 0.29) is 11.0 Å². The largest absolute Gasteiger partial charge is 0.467 e. The molecule has 1 atom stereocenters. The molecule has 8 heteroatoms. The van der Waals surface area contributed by atoms with E-state index < -0.39 is 12.0 Å². The van der Waals surface area contributed by atoms with Gasteiger partial charge in [-0.1, -0.05) is 11.6 Å². The molecule has 0 aliphatic carbocycles. The number of aromatic nitrogens is 2. The van der Waals surface area contributed by atoms with E-state index in [1.54, 1.807) is 6.92 Å². The molecule has 1 rings (SSSR count). The highest BCUT2D eigenvalue weighted by molar-refractivity contribution is 6.32. The number of nitrogens with zero attached hydrogens (tertiary/aromatic N) is 2. The molecular formula is C8H12ClN5O2. The van der Waals surface area contributed by atoms with Gasteiger partial charge in [0.2, 0.25) is 5.95 Å². The Balaban J connectivity index is 2.83. The molecule has 1 unspecified atom stereocenters. The van der Waals surface area contributed by atoms with Crippen molar-refractivity contribution in [2.45, 2.75) is 13.0 Å². The number of methoxy groups -OCH3 is 1. The summed E-state index contributed by atoms with van der Waals surface area (Å²) in [7, 11) is 1.30. The minimum absolute atomic E-state index is 0.198. The summed E-state index contributed by atoms with van der Waals surface area (Å²) in [4.78, 5) is 18.9. The number of rotatable bonds is 4. The Morgan fingerprint density at radius 3 is 2.94 bits per heavy atom. The van der Waals surface area contributed by atoms with Gasteiger partial charge in [-0.15, -0.1) is 0 Å². The van der Waals surface area contributed by atoms with Gasteiger partial charge in [0, 0.05) is 0 Å². The van der Waals surface area contributed by atoms with Crippen LogP contribution in [0.2, 0.25) is 5.02 Å². The van der Waals surface area contributed by atoms with Gasteiger partial charge >= 0.3 is 5.97 Å². The third-order valence-electron chi connectivity index (χ3n) is 1.78. The van der Waals surface area contributed by atoms with E-state index in [1.165, 1.54) is 13.3 Å². The van der Waals surface area contributed by atoms with Crippen molar-refractivity contribution in [3.63, 3.8) is 0 Å². The molecule has 4 N–H and O–H groups in total. The molecule has 16 heavy (non-hydrogen) atoms. The van der Waals surface area contributed by atoms with Gasteiger partial charge in [0.15, 0.2) is 5.82 Å². The minimum Gasteiger partial charge on any atom is -0.467 e. The highest BCUT2D eigenvalue weighted by Gasteiger charge is 2.15. The summed E-state index contributed by atoms with van der Waals surface area (Å²) in [6, 6.07) is -0.567. The van der Waals surface area contributed by atoms with Crippen LogP contribution < -0.4 is 16.6 Å². The normalized spacial score (nSPS) is 11.8. The first kappa shape index (κ1) is 12.5. The molecule has 0 amide bonds. The zero-order valence-electron chi connectivity index (χ0n) is 8.82. The molecular weight excluding hydrogens is 234 g/mol. The maximum Gasteiger partial charge on any atom is 0.328 e. The van der Waals surface area contributed by atoms with Gasteiger partial charge in [0.05, 0.1) is 13.3 Å². The fourth-order valence-corrected chi connectivity index (χ4v) is 1.12. The highest BCUT2D eigenvalue weighted by atomic mass is 35.5. The van der Waals surface area contributed by atoms with Crippen molar-refractivity contribution in [3.8, 4) is 0 Å². The molecule has 0 fully saturated rings. The Bertz CT molecular complexity index is 387. The van der Waals surface area contributed by atoms with Crippen molar-refractivity contribution in [1.29, 1.82) is 0 Å². The molecule has 0 saturated heterocycles. The van der Waals surface area contributed by atoms with Crippen molar-refractivity contribution < 1.29 is 9.53 Å². The number of nitrogens with one attached hydrogen (secondary N) is 2. The molecule has 0 aliphatic rings. The van der Waals surface area contributed by atoms with Gasteiger partial charge in [-0.3, -0.25) is 5.43 Å². The topological polar surface area (TPSA) is 102 Å². The number of ether oxygens (including phenoxy) is 1. The number of halogens is 1. The molecule has 0 spiro atoms. The molecule has 0 bridgehead atoms. The number of hydrogen-bond donors (Lipinski definition) is 3. The summed E-state index contributed by atoms with van der Waals surface area (Å²) in [5.74, 6) is 5.23. The number of nitrogen functional groups attached to an aromatic ring is 1. The number of hydrogen-bond acceptors (Lipinski definition) is 7. The van der Waals surface area contributed by atoms with Gasteiger partial charge in [-0.05, 0) is 6.92 Å². The van der Waals surface area contributed by atoms with E-state index in [0.29, 0.717) is 5.82 Å². The lowest BCUT2D eigenvalue weighted by molar-refractivity contribution is -0.141. The van der Waals surface area contributed by atoms with Crippen LogP contribution in [0, 0.1) is 0 Å². The Kier molecular flexibility index (Phi) is 4.27. The average molecular weight is 246 g/mol. The molecule has 7 nitrogen and oxygen atoms in total. The summed E-state index contributed by atoms with van der Waals surface area (Å²) in [5, 5.41) is 3.07. The van der Waals surface area contributed by atoms with E-state index in [2.05, 4.69) is 25.4 Å². The van der Waals surface area contributed by atoms with Crippen molar-refractivity contribution in [3.05, 3.63) is 11.2 Å². The van der Waals surface area contributed by atoms with Gasteiger partial charge < -0.3 is 10.1 Å². The minimum atomic E-state index is -0.567. The van der Waals surface area contributed by atoms with E-state index in [4.69, 9.17) is 17.4 Å². The van der Waals surface area contributed by atoms with Gasteiger partial charge in [0.25, 0.3) is 0 Å². The van der Waals surface area contributed by atoms with E-state index in [1.807, 2.05) is 0 Å². The van der Waals surface area contributed by atoms with Gasteiger partial charge in [0.1, 0.15) is 11.1 Å². The lowest BCUT2D eigenvalue weighted by Gasteiger charge is -2.13. The van der Waals surface area contributed by atoms with E-state index >= 15 is 0 Å². The number of esters is 1. The predicted octanol–water partition coefficient (Wildman–Crippen LogP) is 0.389. The molecule has 1 aromatic rings. The fourth-order valence-electron chi connectivity index (χ4n) is 0.979. The second-order valence-electron chi connectivity index (χ2n) is 2.92. The Labute approximate surface area is 97.3 Å². The third kappa shape index (κ3) is 2.94.